The second kappa shape index (κ2) is 7.53. The third-order valence-corrected chi connectivity index (χ3v) is 4.65. The monoisotopic (exact) mass is 362 g/mol. The zero-order valence-electron chi connectivity index (χ0n) is 14.8. The van der Waals surface area contributed by atoms with Gasteiger partial charge in [-0.2, -0.15) is 5.10 Å². The Labute approximate surface area is 156 Å². The van der Waals surface area contributed by atoms with E-state index >= 15 is 0 Å². The predicted molar refractivity (Wildman–Crippen MR) is 103 cm³/mol. The molecule has 0 bridgehead atoms. The van der Waals surface area contributed by atoms with Crippen LogP contribution in [0.2, 0.25) is 0 Å². The Hall–Kier alpha value is -3.28. The lowest BCUT2D eigenvalue weighted by Crippen LogP contribution is -2.22. The van der Waals surface area contributed by atoms with Gasteiger partial charge in [0.2, 0.25) is 5.78 Å². The summed E-state index contributed by atoms with van der Waals surface area (Å²) in [5, 5.41) is 4.13. The Morgan fingerprint density at radius 2 is 1.85 bits per heavy atom. The maximum atomic E-state index is 13.9. The quantitative estimate of drug-likeness (QED) is 0.510. The molecule has 1 aliphatic heterocycles. The standard InChI is InChI=1S/C21H19FN4O/c22-17-8-9-18(19(13-17)25-10-4-5-11-25)21(27)20(26-15-23-14-24-26)12-16-6-2-1-3-7-16/h1-3,6-9,12-15H,4-5,10-11H2/b20-12-. The van der Waals surface area contributed by atoms with Crippen molar-refractivity contribution < 1.29 is 9.18 Å². The van der Waals surface area contributed by atoms with Crippen LogP contribution in [0.3, 0.4) is 0 Å². The highest BCUT2D eigenvalue weighted by atomic mass is 19.1. The fourth-order valence-corrected chi connectivity index (χ4v) is 3.33. The number of nitrogens with zero attached hydrogens (tertiary/aromatic N) is 4. The van der Waals surface area contributed by atoms with E-state index in [1.54, 1.807) is 12.1 Å². The highest BCUT2D eigenvalue weighted by Gasteiger charge is 2.23. The van der Waals surface area contributed by atoms with Crippen LogP contribution in [0.1, 0.15) is 28.8 Å². The third-order valence-electron chi connectivity index (χ3n) is 4.65. The zero-order chi connectivity index (χ0) is 18.6. The first-order chi connectivity index (χ1) is 13.2. The molecule has 6 heteroatoms. The van der Waals surface area contributed by atoms with Gasteiger partial charge in [-0.3, -0.25) is 4.79 Å². The van der Waals surface area contributed by atoms with Gasteiger partial charge < -0.3 is 4.90 Å². The third kappa shape index (κ3) is 3.65. The number of benzene rings is 2. The van der Waals surface area contributed by atoms with E-state index in [0.29, 0.717) is 16.9 Å². The molecule has 0 radical (unpaired) electrons. The number of halogens is 1. The predicted octanol–water partition coefficient (Wildman–Crippen LogP) is 3.90. The van der Waals surface area contributed by atoms with Crippen LogP contribution in [0.5, 0.6) is 0 Å². The van der Waals surface area contributed by atoms with E-state index in [2.05, 4.69) is 15.0 Å². The van der Waals surface area contributed by atoms with Crippen LogP contribution in [0.4, 0.5) is 10.1 Å². The minimum absolute atomic E-state index is 0.216. The number of aromatic nitrogens is 3. The van der Waals surface area contributed by atoms with Crippen molar-refractivity contribution in [2.75, 3.05) is 18.0 Å². The van der Waals surface area contributed by atoms with Crippen molar-refractivity contribution in [2.45, 2.75) is 12.8 Å². The number of rotatable bonds is 5. The Bertz CT molecular complexity index is 961. The van der Waals surface area contributed by atoms with Gasteiger partial charge in [-0.1, -0.05) is 30.3 Å². The van der Waals surface area contributed by atoms with Crippen molar-refractivity contribution in [3.8, 4) is 0 Å². The average molecular weight is 362 g/mol. The molecule has 2 heterocycles. The molecule has 2 aromatic carbocycles. The first-order valence-corrected chi connectivity index (χ1v) is 8.93. The van der Waals surface area contributed by atoms with E-state index in [-0.39, 0.29) is 11.6 Å². The summed E-state index contributed by atoms with van der Waals surface area (Å²) >= 11 is 0. The highest BCUT2D eigenvalue weighted by molar-refractivity contribution is 6.29. The summed E-state index contributed by atoms with van der Waals surface area (Å²) in [6, 6.07) is 13.9. The molecule has 0 aliphatic carbocycles. The lowest BCUT2D eigenvalue weighted by molar-refractivity contribution is 0.105. The normalized spacial score (nSPS) is 14.6. The summed E-state index contributed by atoms with van der Waals surface area (Å²) < 4.78 is 15.4. The van der Waals surface area contributed by atoms with E-state index in [1.807, 2.05) is 30.3 Å². The summed E-state index contributed by atoms with van der Waals surface area (Å²) in [5.41, 5.74) is 2.35. The molecular formula is C21H19FN4O. The molecular weight excluding hydrogens is 343 g/mol. The molecule has 1 saturated heterocycles. The molecule has 1 aliphatic rings. The van der Waals surface area contributed by atoms with E-state index in [1.165, 1.54) is 29.5 Å². The first kappa shape index (κ1) is 17.1. The van der Waals surface area contributed by atoms with Crippen molar-refractivity contribution >= 4 is 23.2 Å². The minimum atomic E-state index is -0.345. The lowest BCUT2D eigenvalue weighted by atomic mass is 10.0. The SMILES string of the molecule is O=C(/C(=C/c1ccccc1)n1cncn1)c1ccc(F)cc1N1CCCC1. The Balaban J connectivity index is 1.80. The van der Waals surface area contributed by atoms with Crippen molar-refractivity contribution in [3.63, 3.8) is 0 Å². The molecule has 27 heavy (non-hydrogen) atoms. The number of hydrogen-bond donors (Lipinski definition) is 0. The lowest BCUT2D eigenvalue weighted by Gasteiger charge is -2.21. The van der Waals surface area contributed by atoms with Gasteiger partial charge in [0.15, 0.2) is 0 Å². The van der Waals surface area contributed by atoms with Crippen LogP contribution in [0.15, 0.2) is 61.2 Å². The Morgan fingerprint density at radius 1 is 1.07 bits per heavy atom. The van der Waals surface area contributed by atoms with Gasteiger partial charge in [0.05, 0.1) is 5.69 Å². The van der Waals surface area contributed by atoms with Crippen LogP contribution in [0, 0.1) is 5.82 Å². The number of anilines is 1. The van der Waals surface area contributed by atoms with Gasteiger partial charge in [-0.25, -0.2) is 14.1 Å². The topological polar surface area (TPSA) is 51.0 Å². The van der Waals surface area contributed by atoms with Crippen LogP contribution in [-0.4, -0.2) is 33.6 Å². The maximum Gasteiger partial charge on any atom is 0.213 e. The highest BCUT2D eigenvalue weighted by Crippen LogP contribution is 2.29. The van der Waals surface area contributed by atoms with Gasteiger partial charge in [0.1, 0.15) is 24.2 Å². The second-order valence-electron chi connectivity index (χ2n) is 6.47. The number of carbonyl (C=O) groups is 1. The largest absolute Gasteiger partial charge is 0.371 e. The number of ketones is 1. The number of hydrogen-bond acceptors (Lipinski definition) is 4. The molecule has 1 aromatic heterocycles. The van der Waals surface area contributed by atoms with Crippen molar-refractivity contribution in [1.29, 1.82) is 0 Å². The fourth-order valence-electron chi connectivity index (χ4n) is 3.33. The van der Waals surface area contributed by atoms with Crippen molar-refractivity contribution in [2.24, 2.45) is 0 Å². The second-order valence-corrected chi connectivity index (χ2v) is 6.47. The van der Waals surface area contributed by atoms with Crippen molar-refractivity contribution in [3.05, 3.63) is 78.1 Å². The molecule has 136 valence electrons. The molecule has 5 nitrogen and oxygen atoms in total. The molecule has 0 amide bonds. The van der Waals surface area contributed by atoms with Crippen LogP contribution in [0.25, 0.3) is 11.8 Å². The van der Waals surface area contributed by atoms with Gasteiger partial charge in [0, 0.05) is 18.7 Å². The van der Waals surface area contributed by atoms with E-state index < -0.39 is 0 Å². The van der Waals surface area contributed by atoms with Crippen LogP contribution in [-0.2, 0) is 0 Å². The molecule has 0 spiro atoms. The van der Waals surface area contributed by atoms with Gasteiger partial charge in [0.25, 0.3) is 0 Å². The van der Waals surface area contributed by atoms with Gasteiger partial charge in [-0.15, -0.1) is 0 Å². The summed E-state index contributed by atoms with van der Waals surface area (Å²) in [5.74, 6) is -0.561. The smallest absolute Gasteiger partial charge is 0.213 e. The zero-order valence-corrected chi connectivity index (χ0v) is 14.8. The van der Waals surface area contributed by atoms with E-state index in [9.17, 15) is 9.18 Å². The van der Waals surface area contributed by atoms with Crippen LogP contribution < -0.4 is 4.90 Å². The Morgan fingerprint density at radius 3 is 2.56 bits per heavy atom. The van der Waals surface area contributed by atoms with E-state index in [4.69, 9.17) is 0 Å². The number of carbonyl (C=O) groups excluding carboxylic acids is 1. The Kier molecular flexibility index (Phi) is 4.78. The summed E-state index contributed by atoms with van der Waals surface area (Å²) in [6.45, 7) is 1.65. The first-order valence-electron chi connectivity index (χ1n) is 8.93. The molecule has 0 saturated carbocycles. The number of allylic oxidation sites excluding steroid dienone is 1. The maximum absolute atomic E-state index is 13.9. The number of Topliss-reactive ketones (excluding diaryl/α,β-unsaturated/α-hetero) is 1. The fraction of sp³-hybridized carbons (Fsp3) is 0.190. The molecule has 4 rings (SSSR count). The van der Waals surface area contributed by atoms with Gasteiger partial charge >= 0.3 is 0 Å². The molecule has 3 aromatic rings. The van der Waals surface area contributed by atoms with Crippen molar-refractivity contribution in [1.82, 2.24) is 14.8 Å². The van der Waals surface area contributed by atoms with Crippen LogP contribution >= 0.6 is 0 Å². The summed E-state index contributed by atoms with van der Waals surface area (Å²) in [4.78, 5) is 19.5. The summed E-state index contributed by atoms with van der Waals surface area (Å²) in [6.07, 6.45) is 6.73. The minimum Gasteiger partial charge on any atom is -0.371 e. The summed E-state index contributed by atoms with van der Waals surface area (Å²) in [7, 11) is 0. The molecule has 0 N–H and O–H groups in total. The molecule has 0 atom stereocenters. The van der Waals surface area contributed by atoms with E-state index in [0.717, 1.165) is 31.5 Å². The molecule has 0 unspecified atom stereocenters. The average Bonchev–Trinajstić information content (AvgIpc) is 3.40. The van der Waals surface area contributed by atoms with Gasteiger partial charge in [-0.05, 0) is 42.7 Å². The molecule has 1 fully saturated rings.